The van der Waals surface area contributed by atoms with Gasteiger partial charge in [0.25, 0.3) is 5.91 Å². The Morgan fingerprint density at radius 3 is 2.31 bits per heavy atom. The maximum Gasteiger partial charge on any atom is 0.256 e. The second-order valence-electron chi connectivity index (χ2n) is 7.24. The van der Waals surface area contributed by atoms with Crippen LogP contribution in [0.25, 0.3) is 0 Å². The van der Waals surface area contributed by atoms with Gasteiger partial charge >= 0.3 is 0 Å². The lowest BCUT2D eigenvalue weighted by Crippen LogP contribution is -2.43. The van der Waals surface area contributed by atoms with Gasteiger partial charge < -0.3 is 19.7 Å². The smallest absolute Gasteiger partial charge is 0.256 e. The summed E-state index contributed by atoms with van der Waals surface area (Å²) in [5.41, 5.74) is -0.0779. The van der Waals surface area contributed by atoms with E-state index in [2.05, 4.69) is 37.9 Å². The average Bonchev–Trinajstić information content (AvgIpc) is 2.62. The summed E-state index contributed by atoms with van der Waals surface area (Å²) in [4.78, 5) is 14.9. The van der Waals surface area contributed by atoms with Gasteiger partial charge in [-0.3, -0.25) is 4.79 Å². The fraction of sp³-hybridized carbons (Fsp3) is 0.667. The highest BCUT2D eigenvalue weighted by molar-refractivity contribution is 5.97. The van der Waals surface area contributed by atoms with Crippen molar-refractivity contribution in [3.63, 3.8) is 0 Å². The Bertz CT molecular complexity index is 527. The van der Waals surface area contributed by atoms with Crippen LogP contribution in [0.15, 0.2) is 24.3 Å². The molecule has 1 atom stereocenters. The van der Waals surface area contributed by atoms with Gasteiger partial charge in [-0.25, -0.2) is 0 Å². The van der Waals surface area contributed by atoms with Crippen molar-refractivity contribution in [1.82, 2.24) is 4.90 Å². The predicted octanol–water partition coefficient (Wildman–Crippen LogP) is 4.19. The van der Waals surface area contributed by atoms with Gasteiger partial charge in [0.1, 0.15) is 11.4 Å². The molecule has 5 nitrogen and oxygen atoms in total. The second kappa shape index (κ2) is 11.2. The topological polar surface area (TPSA) is 50.8 Å². The van der Waals surface area contributed by atoms with Gasteiger partial charge in [-0.2, -0.15) is 0 Å². The van der Waals surface area contributed by atoms with E-state index >= 15 is 0 Å². The Balaban J connectivity index is 2.50. The molecule has 5 heteroatoms. The van der Waals surface area contributed by atoms with Gasteiger partial charge in [0.2, 0.25) is 0 Å². The van der Waals surface area contributed by atoms with Crippen LogP contribution in [-0.2, 0) is 9.53 Å². The van der Waals surface area contributed by atoms with Crippen LogP contribution in [-0.4, -0.2) is 49.8 Å². The summed E-state index contributed by atoms with van der Waals surface area (Å²) in [5, 5.41) is 2.94. The molecule has 1 rings (SSSR count). The number of hydrogen-bond acceptors (Lipinski definition) is 4. The zero-order chi connectivity index (χ0) is 19.6. The van der Waals surface area contributed by atoms with E-state index in [0.717, 1.165) is 37.5 Å². The van der Waals surface area contributed by atoms with Crippen LogP contribution in [0.2, 0.25) is 0 Å². The summed E-state index contributed by atoms with van der Waals surface area (Å²) in [5.74, 6) is 1.07. The van der Waals surface area contributed by atoms with E-state index in [-0.39, 0.29) is 5.91 Å². The molecule has 0 saturated heterocycles. The summed E-state index contributed by atoms with van der Waals surface area (Å²) in [6, 6.07) is 7.51. The molecule has 0 heterocycles. The van der Waals surface area contributed by atoms with Gasteiger partial charge in [-0.1, -0.05) is 27.7 Å². The molecule has 26 heavy (non-hydrogen) atoms. The van der Waals surface area contributed by atoms with E-state index in [4.69, 9.17) is 9.47 Å². The molecule has 0 radical (unpaired) electrons. The Kier molecular flexibility index (Phi) is 9.66. The van der Waals surface area contributed by atoms with Crippen molar-refractivity contribution in [3.05, 3.63) is 24.3 Å². The molecule has 0 aliphatic carbocycles. The number of rotatable bonds is 12. The number of ether oxygens (including phenoxy) is 2. The molecule has 1 N–H and O–H groups in total. The number of benzene rings is 1. The molecular formula is C21H36N2O3. The van der Waals surface area contributed by atoms with Crippen LogP contribution < -0.4 is 10.1 Å². The maximum atomic E-state index is 12.5. The number of carbonyl (C=O) groups is 1. The normalized spacial score (nSPS) is 13.7. The van der Waals surface area contributed by atoms with Crippen molar-refractivity contribution >= 4 is 11.6 Å². The van der Waals surface area contributed by atoms with E-state index in [1.54, 1.807) is 7.11 Å². The molecule has 1 amide bonds. The summed E-state index contributed by atoms with van der Waals surface area (Å²) < 4.78 is 11.3. The Morgan fingerprint density at radius 2 is 1.81 bits per heavy atom. The second-order valence-corrected chi connectivity index (χ2v) is 7.24. The van der Waals surface area contributed by atoms with E-state index < -0.39 is 5.60 Å². The average molecular weight is 365 g/mol. The zero-order valence-corrected chi connectivity index (χ0v) is 17.3. The summed E-state index contributed by atoms with van der Waals surface area (Å²) in [7, 11) is 1.58. The van der Waals surface area contributed by atoms with Gasteiger partial charge in [-0.05, 0) is 63.0 Å². The number of nitrogens with zero attached hydrogens (tertiary/aromatic N) is 1. The highest BCUT2D eigenvalue weighted by atomic mass is 16.5. The third-order valence-electron chi connectivity index (χ3n) is 4.62. The van der Waals surface area contributed by atoms with Crippen molar-refractivity contribution in [2.45, 2.75) is 53.1 Å². The first-order chi connectivity index (χ1) is 12.3. The van der Waals surface area contributed by atoms with Crippen molar-refractivity contribution in [3.8, 4) is 5.75 Å². The third kappa shape index (κ3) is 7.34. The largest absolute Gasteiger partial charge is 0.494 e. The molecule has 0 bridgehead atoms. The highest BCUT2D eigenvalue weighted by Gasteiger charge is 2.33. The molecular weight excluding hydrogens is 328 g/mol. The minimum Gasteiger partial charge on any atom is -0.494 e. The molecule has 0 aliphatic heterocycles. The third-order valence-corrected chi connectivity index (χ3v) is 4.62. The van der Waals surface area contributed by atoms with Crippen molar-refractivity contribution in [2.75, 3.05) is 38.7 Å². The molecule has 0 spiro atoms. The summed E-state index contributed by atoms with van der Waals surface area (Å²) in [6.45, 7) is 14.2. The van der Waals surface area contributed by atoms with Crippen LogP contribution in [0.3, 0.4) is 0 Å². The molecule has 1 aromatic rings. The number of amides is 1. The fourth-order valence-electron chi connectivity index (χ4n) is 2.96. The first-order valence-corrected chi connectivity index (χ1v) is 9.66. The zero-order valence-electron chi connectivity index (χ0n) is 17.3. The Hall–Kier alpha value is -1.59. The van der Waals surface area contributed by atoms with Crippen molar-refractivity contribution < 1.29 is 14.3 Å². The van der Waals surface area contributed by atoms with Crippen LogP contribution in [0.4, 0.5) is 5.69 Å². The van der Waals surface area contributed by atoms with Gasteiger partial charge in [-0.15, -0.1) is 0 Å². The standard InChI is InChI=1S/C21H36N2O3/c1-7-23(8-2)14-9-15-26-19-12-10-18(11-13-19)22-20(24)21(5,25-6)16-17(3)4/h10-13,17H,7-9,14-16H2,1-6H3,(H,22,24)/t21-/m0/s1. The quantitative estimate of drug-likeness (QED) is 0.565. The van der Waals surface area contributed by atoms with E-state index in [9.17, 15) is 4.79 Å². The maximum absolute atomic E-state index is 12.5. The molecule has 0 unspecified atom stereocenters. The number of methoxy groups -OCH3 is 1. The molecule has 0 aromatic heterocycles. The highest BCUT2D eigenvalue weighted by Crippen LogP contribution is 2.23. The minimum atomic E-state index is -0.826. The minimum absolute atomic E-state index is 0.124. The SMILES string of the molecule is CCN(CC)CCCOc1ccc(NC(=O)[C@](C)(CC(C)C)OC)cc1. The summed E-state index contributed by atoms with van der Waals surface area (Å²) in [6.07, 6.45) is 1.67. The predicted molar refractivity (Wildman–Crippen MR) is 108 cm³/mol. The Labute approximate surface area is 159 Å². The van der Waals surface area contributed by atoms with Crippen LogP contribution in [0.5, 0.6) is 5.75 Å². The monoisotopic (exact) mass is 364 g/mol. The summed E-state index contributed by atoms with van der Waals surface area (Å²) >= 11 is 0. The van der Waals surface area contributed by atoms with Gasteiger partial charge in [0.05, 0.1) is 6.61 Å². The van der Waals surface area contributed by atoms with E-state index in [1.807, 2.05) is 31.2 Å². The molecule has 0 fully saturated rings. The van der Waals surface area contributed by atoms with Crippen LogP contribution in [0, 0.1) is 5.92 Å². The Morgan fingerprint density at radius 1 is 1.19 bits per heavy atom. The lowest BCUT2D eigenvalue weighted by atomic mass is 9.93. The van der Waals surface area contributed by atoms with Crippen molar-refractivity contribution in [1.29, 1.82) is 0 Å². The number of hydrogen-bond donors (Lipinski definition) is 1. The number of anilines is 1. The molecule has 1 aromatic carbocycles. The first kappa shape index (κ1) is 22.5. The number of carbonyl (C=O) groups excluding carboxylic acids is 1. The van der Waals surface area contributed by atoms with Crippen molar-refractivity contribution in [2.24, 2.45) is 5.92 Å². The van der Waals surface area contributed by atoms with Gasteiger partial charge in [0, 0.05) is 19.3 Å². The lowest BCUT2D eigenvalue weighted by molar-refractivity contribution is -0.137. The lowest BCUT2D eigenvalue weighted by Gasteiger charge is -2.28. The van der Waals surface area contributed by atoms with E-state index in [0.29, 0.717) is 18.9 Å². The van der Waals surface area contributed by atoms with Gasteiger partial charge in [0.15, 0.2) is 0 Å². The van der Waals surface area contributed by atoms with Crippen LogP contribution in [0.1, 0.15) is 47.5 Å². The van der Waals surface area contributed by atoms with Crippen LogP contribution >= 0.6 is 0 Å². The first-order valence-electron chi connectivity index (χ1n) is 9.66. The molecule has 0 saturated carbocycles. The molecule has 148 valence electrons. The number of nitrogens with one attached hydrogen (secondary N) is 1. The molecule has 0 aliphatic rings. The van der Waals surface area contributed by atoms with E-state index in [1.165, 1.54) is 0 Å². The fourth-order valence-corrected chi connectivity index (χ4v) is 2.96.